The summed E-state index contributed by atoms with van der Waals surface area (Å²) in [6, 6.07) is 11.1. The van der Waals surface area contributed by atoms with E-state index in [0.29, 0.717) is 23.0 Å². The Morgan fingerprint density at radius 2 is 1.50 bits per heavy atom. The van der Waals surface area contributed by atoms with Crippen molar-refractivity contribution >= 4 is 0 Å². The molecule has 7 heteroatoms. The average molecular weight is 368 g/mol. The molecular formula is C19H19F3O4. The van der Waals surface area contributed by atoms with Crippen LogP contribution in [0.3, 0.4) is 0 Å². The first-order valence-corrected chi connectivity index (χ1v) is 7.80. The molecule has 0 bridgehead atoms. The van der Waals surface area contributed by atoms with Crippen LogP contribution in [0.5, 0.6) is 17.2 Å². The van der Waals surface area contributed by atoms with Crippen LogP contribution in [-0.4, -0.2) is 24.9 Å². The molecule has 0 fully saturated rings. The van der Waals surface area contributed by atoms with Gasteiger partial charge in [0.15, 0.2) is 6.10 Å². The zero-order chi connectivity index (χ0) is 19.2. The van der Waals surface area contributed by atoms with E-state index in [0.717, 1.165) is 12.1 Å². The monoisotopic (exact) mass is 368 g/mol. The van der Waals surface area contributed by atoms with E-state index < -0.39 is 17.8 Å². The van der Waals surface area contributed by atoms with Crippen molar-refractivity contribution < 1.29 is 32.5 Å². The molecule has 0 aliphatic heterocycles. The van der Waals surface area contributed by atoms with Crippen LogP contribution in [0.4, 0.5) is 13.2 Å². The lowest BCUT2D eigenvalue weighted by molar-refractivity contribution is -0.137. The first kappa shape index (κ1) is 19.7. The summed E-state index contributed by atoms with van der Waals surface area (Å²) in [4.78, 5) is 0. The number of rotatable bonds is 7. The van der Waals surface area contributed by atoms with Crippen molar-refractivity contribution in [2.45, 2.75) is 19.2 Å². The van der Waals surface area contributed by atoms with E-state index in [1.165, 1.54) is 25.3 Å². The quantitative estimate of drug-likeness (QED) is 0.714. The van der Waals surface area contributed by atoms with E-state index >= 15 is 0 Å². The fraction of sp³-hybridized carbons (Fsp3) is 0.263. The molecule has 0 saturated heterocycles. The van der Waals surface area contributed by atoms with Crippen molar-refractivity contribution in [3.63, 3.8) is 0 Å². The highest BCUT2D eigenvalue weighted by Gasteiger charge is 2.30. The maximum Gasteiger partial charge on any atom is 0.416 e. The number of aliphatic hydroxyl groups excluding tert-OH is 1. The van der Waals surface area contributed by atoms with Crippen molar-refractivity contribution in [2.24, 2.45) is 0 Å². The Kier molecular flexibility index (Phi) is 6.52. The number of aliphatic hydroxyl groups is 1. The van der Waals surface area contributed by atoms with Gasteiger partial charge in [0.25, 0.3) is 0 Å². The molecule has 0 aliphatic carbocycles. The maximum atomic E-state index is 12.5. The standard InChI is InChI=1S/C19H19F3O4/c1-13(18(24-2)11-12-23)25-15-7-9-17(10-8-15)26-16-5-3-14(4-6-16)19(20,21)22/h3-11,13,23H,12H2,1-2H3/b18-11-. The average Bonchev–Trinajstić information content (AvgIpc) is 2.61. The van der Waals surface area contributed by atoms with E-state index in [1.54, 1.807) is 31.2 Å². The Labute approximate surface area is 149 Å². The van der Waals surface area contributed by atoms with Gasteiger partial charge in [0.1, 0.15) is 23.0 Å². The third-order valence-corrected chi connectivity index (χ3v) is 3.48. The summed E-state index contributed by atoms with van der Waals surface area (Å²) in [5.41, 5.74) is -0.729. The fourth-order valence-corrected chi connectivity index (χ4v) is 2.20. The van der Waals surface area contributed by atoms with Gasteiger partial charge >= 0.3 is 6.18 Å². The number of alkyl halides is 3. The van der Waals surface area contributed by atoms with Crippen molar-refractivity contribution in [2.75, 3.05) is 13.7 Å². The number of benzene rings is 2. The number of halogens is 3. The Morgan fingerprint density at radius 3 is 1.96 bits per heavy atom. The molecule has 140 valence electrons. The Bertz CT molecular complexity index is 722. The van der Waals surface area contributed by atoms with E-state index in [2.05, 4.69) is 0 Å². The maximum absolute atomic E-state index is 12.5. The second kappa shape index (κ2) is 8.62. The minimum atomic E-state index is -4.38. The summed E-state index contributed by atoms with van der Waals surface area (Å²) in [7, 11) is 1.49. The van der Waals surface area contributed by atoms with Gasteiger partial charge in [-0.25, -0.2) is 0 Å². The molecule has 26 heavy (non-hydrogen) atoms. The second-order valence-electron chi connectivity index (χ2n) is 5.35. The predicted octanol–water partition coefficient (Wildman–Crippen LogP) is 4.79. The van der Waals surface area contributed by atoms with E-state index in [1.807, 2.05) is 0 Å². The Morgan fingerprint density at radius 1 is 1.00 bits per heavy atom. The summed E-state index contributed by atoms with van der Waals surface area (Å²) < 4.78 is 54.0. The summed E-state index contributed by atoms with van der Waals surface area (Å²) >= 11 is 0. The van der Waals surface area contributed by atoms with Gasteiger partial charge in [-0.1, -0.05) is 0 Å². The van der Waals surface area contributed by atoms with E-state index in [9.17, 15) is 13.2 Å². The first-order valence-electron chi connectivity index (χ1n) is 7.80. The molecule has 4 nitrogen and oxygen atoms in total. The third kappa shape index (κ3) is 5.42. The van der Waals surface area contributed by atoms with Gasteiger partial charge in [0.05, 0.1) is 19.3 Å². The summed E-state index contributed by atoms with van der Waals surface area (Å²) in [5.74, 6) is 1.81. The minimum absolute atomic E-state index is 0.156. The fourth-order valence-electron chi connectivity index (χ4n) is 2.20. The number of hydrogen-bond acceptors (Lipinski definition) is 4. The molecule has 1 N–H and O–H groups in total. The minimum Gasteiger partial charge on any atom is -0.497 e. The van der Waals surface area contributed by atoms with Crippen LogP contribution < -0.4 is 9.47 Å². The topological polar surface area (TPSA) is 47.9 Å². The number of ether oxygens (including phenoxy) is 3. The van der Waals surface area contributed by atoms with Gasteiger partial charge in [0.2, 0.25) is 0 Å². The molecule has 0 radical (unpaired) electrons. The normalized spacial score (nSPS) is 13.2. The van der Waals surface area contributed by atoms with Crippen LogP contribution in [0.15, 0.2) is 60.4 Å². The molecule has 0 amide bonds. The molecule has 0 aromatic heterocycles. The van der Waals surface area contributed by atoms with Crippen molar-refractivity contribution in [3.05, 3.63) is 65.9 Å². The highest BCUT2D eigenvalue weighted by atomic mass is 19.4. The zero-order valence-electron chi connectivity index (χ0n) is 14.3. The molecule has 2 aromatic carbocycles. The summed E-state index contributed by atoms with van der Waals surface area (Å²) in [6.45, 7) is 1.62. The Balaban J connectivity index is 2.00. The van der Waals surface area contributed by atoms with Crippen LogP contribution in [-0.2, 0) is 10.9 Å². The van der Waals surface area contributed by atoms with Gasteiger partial charge in [-0.3, -0.25) is 0 Å². The van der Waals surface area contributed by atoms with Crippen LogP contribution >= 0.6 is 0 Å². The smallest absolute Gasteiger partial charge is 0.416 e. The van der Waals surface area contributed by atoms with Crippen LogP contribution in [0.2, 0.25) is 0 Å². The second-order valence-corrected chi connectivity index (χ2v) is 5.35. The lowest BCUT2D eigenvalue weighted by Crippen LogP contribution is -2.16. The molecule has 2 aromatic rings. The SMILES string of the molecule is CO/C(=C\CO)C(C)Oc1ccc(Oc2ccc(C(F)(F)F)cc2)cc1. The van der Waals surface area contributed by atoms with Crippen molar-refractivity contribution in [3.8, 4) is 17.2 Å². The van der Waals surface area contributed by atoms with Crippen molar-refractivity contribution in [1.29, 1.82) is 0 Å². The molecular weight excluding hydrogens is 349 g/mol. The van der Waals surface area contributed by atoms with Gasteiger partial charge in [-0.05, 0) is 61.5 Å². The largest absolute Gasteiger partial charge is 0.497 e. The highest BCUT2D eigenvalue weighted by Crippen LogP contribution is 2.31. The molecule has 0 saturated carbocycles. The van der Waals surface area contributed by atoms with Gasteiger partial charge < -0.3 is 19.3 Å². The number of hydrogen-bond donors (Lipinski definition) is 1. The lowest BCUT2D eigenvalue weighted by atomic mass is 10.2. The molecule has 0 aliphatic rings. The first-order chi connectivity index (χ1) is 12.3. The van der Waals surface area contributed by atoms with Gasteiger partial charge in [-0.15, -0.1) is 0 Å². The van der Waals surface area contributed by atoms with Crippen LogP contribution in [0.1, 0.15) is 12.5 Å². The molecule has 1 unspecified atom stereocenters. The molecule has 1 atom stereocenters. The van der Waals surface area contributed by atoms with E-state index in [-0.39, 0.29) is 6.61 Å². The van der Waals surface area contributed by atoms with Crippen LogP contribution in [0.25, 0.3) is 0 Å². The van der Waals surface area contributed by atoms with Crippen molar-refractivity contribution in [1.82, 2.24) is 0 Å². The molecule has 0 spiro atoms. The predicted molar refractivity (Wildman–Crippen MR) is 90.2 cm³/mol. The lowest BCUT2D eigenvalue weighted by Gasteiger charge is -2.17. The van der Waals surface area contributed by atoms with Crippen LogP contribution in [0, 0.1) is 0 Å². The summed E-state index contributed by atoms with van der Waals surface area (Å²) in [5, 5.41) is 8.93. The summed E-state index contributed by atoms with van der Waals surface area (Å²) in [6.07, 6.45) is -3.26. The highest BCUT2D eigenvalue weighted by molar-refractivity contribution is 5.37. The van der Waals surface area contributed by atoms with E-state index in [4.69, 9.17) is 19.3 Å². The zero-order valence-corrected chi connectivity index (χ0v) is 14.3. The molecule has 0 heterocycles. The van der Waals surface area contributed by atoms with Gasteiger partial charge in [0, 0.05) is 0 Å². The molecule has 2 rings (SSSR count). The van der Waals surface area contributed by atoms with Gasteiger partial charge in [-0.2, -0.15) is 13.2 Å². The third-order valence-electron chi connectivity index (χ3n) is 3.48. The Hall–Kier alpha value is -2.67. The number of methoxy groups -OCH3 is 1.